The second-order valence-electron chi connectivity index (χ2n) is 9.99. The van der Waals surface area contributed by atoms with Crippen molar-refractivity contribution in [2.75, 3.05) is 6.79 Å². The van der Waals surface area contributed by atoms with E-state index in [4.69, 9.17) is 18.3 Å². The van der Waals surface area contributed by atoms with Gasteiger partial charge in [0, 0.05) is 35.0 Å². The molecule has 39 heavy (non-hydrogen) atoms. The number of nitrogens with zero attached hydrogens (tertiary/aromatic N) is 1. The third kappa shape index (κ3) is 4.65. The first-order chi connectivity index (χ1) is 18.9. The highest BCUT2D eigenvalue weighted by atomic mass is 16.7. The predicted molar refractivity (Wildman–Crippen MR) is 144 cm³/mol. The van der Waals surface area contributed by atoms with Crippen LogP contribution in [0.4, 0.5) is 0 Å². The number of fused-ring (bicyclic) bond motifs is 3. The molecule has 9 nitrogen and oxygen atoms in total. The molecule has 0 radical (unpaired) electrons. The van der Waals surface area contributed by atoms with E-state index in [1.807, 2.05) is 51.1 Å². The normalized spacial score (nSPS) is 15.0. The summed E-state index contributed by atoms with van der Waals surface area (Å²) < 4.78 is 22.5. The molecule has 2 amide bonds. The fourth-order valence-electron chi connectivity index (χ4n) is 5.18. The van der Waals surface area contributed by atoms with E-state index in [1.54, 1.807) is 6.26 Å². The number of nitrogens with one attached hydrogen (secondary N) is 2. The van der Waals surface area contributed by atoms with Crippen molar-refractivity contribution in [3.8, 4) is 11.5 Å². The molecule has 2 aromatic heterocycles. The Morgan fingerprint density at radius 1 is 1.00 bits per heavy atom. The van der Waals surface area contributed by atoms with Gasteiger partial charge in [-0.15, -0.1) is 0 Å². The van der Waals surface area contributed by atoms with E-state index in [9.17, 15) is 9.59 Å². The van der Waals surface area contributed by atoms with Crippen molar-refractivity contribution in [2.45, 2.75) is 53.0 Å². The Labute approximate surface area is 225 Å². The van der Waals surface area contributed by atoms with Crippen LogP contribution in [0, 0.1) is 20.8 Å². The van der Waals surface area contributed by atoms with Crippen molar-refractivity contribution in [1.82, 2.24) is 10.7 Å². The first-order valence-electron chi connectivity index (χ1n) is 13.0. The van der Waals surface area contributed by atoms with Crippen LogP contribution in [0.25, 0.3) is 11.0 Å². The zero-order chi connectivity index (χ0) is 27.1. The summed E-state index contributed by atoms with van der Waals surface area (Å²) in [7, 11) is 0. The highest BCUT2D eigenvalue weighted by Gasteiger charge is 2.28. The van der Waals surface area contributed by atoms with Gasteiger partial charge in [-0.2, -0.15) is 5.10 Å². The molecule has 3 heterocycles. The Kier molecular flexibility index (Phi) is 6.34. The maximum absolute atomic E-state index is 13.0. The van der Waals surface area contributed by atoms with Crippen LogP contribution in [0.1, 0.15) is 62.5 Å². The van der Waals surface area contributed by atoms with Crippen LogP contribution >= 0.6 is 0 Å². The summed E-state index contributed by atoms with van der Waals surface area (Å²) in [6.45, 7) is 6.41. The van der Waals surface area contributed by atoms with Gasteiger partial charge in [0.25, 0.3) is 5.91 Å². The molecule has 0 atom stereocenters. The lowest BCUT2D eigenvalue weighted by molar-refractivity contribution is -0.120. The smallest absolute Gasteiger partial charge is 0.287 e. The number of rotatable bonds is 6. The molecule has 0 saturated carbocycles. The van der Waals surface area contributed by atoms with Crippen LogP contribution in [0.15, 0.2) is 50.5 Å². The third-order valence-corrected chi connectivity index (χ3v) is 7.43. The highest BCUT2D eigenvalue weighted by Crippen LogP contribution is 2.33. The molecule has 1 aliphatic carbocycles. The lowest BCUT2D eigenvalue weighted by Crippen LogP contribution is -2.24. The highest BCUT2D eigenvalue weighted by molar-refractivity contribution is 6.06. The maximum Gasteiger partial charge on any atom is 0.287 e. The summed E-state index contributed by atoms with van der Waals surface area (Å²) in [5.41, 5.74) is 9.65. The molecular weight excluding hydrogens is 498 g/mol. The summed E-state index contributed by atoms with van der Waals surface area (Å²) in [6, 6.07) is 9.58. The van der Waals surface area contributed by atoms with Gasteiger partial charge in [0.2, 0.25) is 12.7 Å². The van der Waals surface area contributed by atoms with Crippen molar-refractivity contribution >= 4 is 28.5 Å². The second-order valence-corrected chi connectivity index (χ2v) is 9.99. The van der Waals surface area contributed by atoms with Crippen molar-refractivity contribution in [3.63, 3.8) is 0 Å². The summed E-state index contributed by atoms with van der Waals surface area (Å²) in [6.07, 6.45) is 3.99. The van der Waals surface area contributed by atoms with Gasteiger partial charge >= 0.3 is 0 Å². The number of benzene rings is 2. The monoisotopic (exact) mass is 527 g/mol. The summed E-state index contributed by atoms with van der Waals surface area (Å²) >= 11 is 0. The Morgan fingerprint density at radius 3 is 2.72 bits per heavy atom. The van der Waals surface area contributed by atoms with Gasteiger partial charge < -0.3 is 23.6 Å². The van der Waals surface area contributed by atoms with Crippen LogP contribution in [0.2, 0.25) is 0 Å². The molecular formula is C30H29N3O6. The minimum Gasteiger partial charge on any atom is -0.464 e. The summed E-state index contributed by atoms with van der Waals surface area (Å²) in [4.78, 5) is 25.8. The Hall–Kier alpha value is -4.53. The van der Waals surface area contributed by atoms with Gasteiger partial charge in [-0.05, 0) is 62.4 Å². The van der Waals surface area contributed by atoms with Gasteiger partial charge in [-0.1, -0.05) is 18.2 Å². The van der Waals surface area contributed by atoms with Crippen molar-refractivity contribution < 1.29 is 27.9 Å². The molecule has 0 fully saturated rings. The van der Waals surface area contributed by atoms with Gasteiger partial charge in [-0.3, -0.25) is 9.59 Å². The van der Waals surface area contributed by atoms with E-state index >= 15 is 0 Å². The largest absolute Gasteiger partial charge is 0.464 e. The molecule has 6 rings (SSSR count). The second kappa shape index (κ2) is 9.98. The number of carbonyl (C=O) groups excluding carboxylic acids is 2. The number of aryl methyl sites for hydroxylation is 3. The zero-order valence-electron chi connectivity index (χ0n) is 22.1. The fourth-order valence-corrected chi connectivity index (χ4v) is 5.18. The van der Waals surface area contributed by atoms with E-state index in [0.717, 1.165) is 45.2 Å². The van der Waals surface area contributed by atoms with E-state index in [0.29, 0.717) is 47.9 Å². The molecule has 4 aromatic rings. The molecule has 9 heteroatoms. The summed E-state index contributed by atoms with van der Waals surface area (Å²) in [5.74, 6) is 1.80. The average molecular weight is 528 g/mol. The van der Waals surface area contributed by atoms with Gasteiger partial charge in [0.15, 0.2) is 17.3 Å². The Bertz CT molecular complexity index is 1640. The average Bonchev–Trinajstić information content (AvgIpc) is 3.66. The molecule has 2 aromatic carbocycles. The molecule has 2 N–H and O–H groups in total. The lowest BCUT2D eigenvalue weighted by Gasteiger charge is -2.13. The third-order valence-electron chi connectivity index (χ3n) is 7.43. The van der Waals surface area contributed by atoms with Gasteiger partial charge in [-0.25, -0.2) is 5.43 Å². The van der Waals surface area contributed by atoms with Crippen molar-refractivity contribution in [3.05, 3.63) is 81.5 Å². The van der Waals surface area contributed by atoms with Gasteiger partial charge in [0.05, 0.1) is 18.4 Å². The van der Waals surface area contributed by atoms with Crippen LogP contribution in [-0.2, 0) is 24.2 Å². The molecule has 0 unspecified atom stereocenters. The number of hydrazone groups is 1. The first-order valence-corrected chi connectivity index (χ1v) is 13.0. The van der Waals surface area contributed by atoms with Gasteiger partial charge in [0.1, 0.15) is 11.3 Å². The quantitative estimate of drug-likeness (QED) is 0.341. The van der Waals surface area contributed by atoms with Crippen LogP contribution in [0.5, 0.6) is 11.5 Å². The maximum atomic E-state index is 13.0. The van der Waals surface area contributed by atoms with Crippen molar-refractivity contribution in [2.24, 2.45) is 5.10 Å². The summed E-state index contributed by atoms with van der Waals surface area (Å²) in [5, 5.41) is 8.30. The minimum absolute atomic E-state index is 0.150. The van der Waals surface area contributed by atoms with E-state index in [-0.39, 0.29) is 30.8 Å². The number of hydrogen-bond donors (Lipinski definition) is 2. The standard InChI is InChI=1S/C30H29N3O6/c1-16-7-9-21-20(14-36-28(21)17(16)2)12-26(34)33-32-22-5-4-6-24-27(22)18(3)29(39-24)30(35)31-13-19-8-10-23-25(11-19)38-15-37-23/h7-11,14H,4-6,12-13,15H2,1-3H3,(H,31,35)(H,33,34)/b32-22+. The molecule has 0 saturated heterocycles. The van der Waals surface area contributed by atoms with E-state index in [1.165, 1.54) is 0 Å². The molecule has 0 bridgehead atoms. The number of carbonyl (C=O) groups is 2. The SMILES string of the molecule is Cc1ccc2c(CC(=O)N/N=C3\CCCc4oc(C(=O)NCc5ccc6c(c5)OCO6)c(C)c43)coc2c1C. The number of ether oxygens (including phenoxy) is 2. The van der Waals surface area contributed by atoms with E-state index in [2.05, 4.69) is 15.8 Å². The Morgan fingerprint density at radius 2 is 1.85 bits per heavy atom. The molecule has 0 spiro atoms. The van der Waals surface area contributed by atoms with Crippen LogP contribution < -0.4 is 20.2 Å². The number of amides is 2. The zero-order valence-corrected chi connectivity index (χ0v) is 22.1. The van der Waals surface area contributed by atoms with E-state index < -0.39 is 0 Å². The Balaban J connectivity index is 1.14. The fraction of sp³-hybridized carbons (Fsp3) is 0.300. The van der Waals surface area contributed by atoms with Crippen LogP contribution in [0.3, 0.4) is 0 Å². The topological polar surface area (TPSA) is 115 Å². The predicted octanol–water partition coefficient (Wildman–Crippen LogP) is 5.01. The molecule has 200 valence electrons. The number of furan rings is 2. The minimum atomic E-state index is -0.305. The first kappa shape index (κ1) is 24.8. The van der Waals surface area contributed by atoms with Crippen LogP contribution in [-0.4, -0.2) is 24.3 Å². The lowest BCUT2D eigenvalue weighted by atomic mass is 9.93. The molecule has 1 aliphatic heterocycles. The van der Waals surface area contributed by atoms with Crippen molar-refractivity contribution in [1.29, 1.82) is 0 Å². The molecule has 2 aliphatic rings. The number of hydrogen-bond acceptors (Lipinski definition) is 7.